The van der Waals surface area contributed by atoms with Crippen LogP contribution in [0.3, 0.4) is 0 Å². The van der Waals surface area contributed by atoms with E-state index in [0.29, 0.717) is 0 Å². The zero-order chi connectivity index (χ0) is 15.4. The van der Waals surface area contributed by atoms with Crippen molar-refractivity contribution in [3.05, 3.63) is 69.3 Å². The summed E-state index contributed by atoms with van der Waals surface area (Å²) >= 11 is 0. The molecular weight excluding hydrogens is 282 g/mol. The van der Waals surface area contributed by atoms with Gasteiger partial charge in [0, 0.05) is 17.7 Å². The van der Waals surface area contributed by atoms with Gasteiger partial charge < -0.3 is 4.74 Å². The molecule has 0 heterocycles. The highest BCUT2D eigenvalue weighted by molar-refractivity contribution is 5.46. The van der Waals surface area contributed by atoms with Crippen LogP contribution in [0.2, 0.25) is 0 Å². The average Bonchev–Trinajstić information content (AvgIpc) is 2.45. The Morgan fingerprint density at radius 1 is 1.19 bits per heavy atom. The lowest BCUT2D eigenvalue weighted by Gasteiger charge is -2.08. The normalized spacial score (nSPS) is 9.95. The number of nitrogens with zero attached hydrogens (tertiary/aromatic N) is 2. The number of hydrogen-bond donors (Lipinski definition) is 0. The molecule has 0 atom stereocenters. The lowest BCUT2D eigenvalue weighted by molar-refractivity contribution is -0.386. The van der Waals surface area contributed by atoms with E-state index < -0.39 is 22.2 Å². The Hall–Kier alpha value is -3.01. The largest absolute Gasteiger partial charge is 0.482 e. The summed E-state index contributed by atoms with van der Waals surface area (Å²) < 4.78 is 31.4. The van der Waals surface area contributed by atoms with Crippen molar-refractivity contribution >= 4 is 5.69 Å². The van der Waals surface area contributed by atoms with E-state index in [9.17, 15) is 18.9 Å². The van der Waals surface area contributed by atoms with E-state index in [2.05, 4.69) is 0 Å². The smallest absolute Gasteiger partial charge is 0.311 e. The summed E-state index contributed by atoms with van der Waals surface area (Å²) in [5, 5.41) is 19.7. The molecule has 21 heavy (non-hydrogen) atoms. The second kappa shape index (κ2) is 5.96. The molecule has 0 saturated heterocycles. The van der Waals surface area contributed by atoms with E-state index in [1.54, 1.807) is 0 Å². The number of nitro benzene ring substituents is 1. The summed E-state index contributed by atoms with van der Waals surface area (Å²) in [5.41, 5.74) is -0.0159. The monoisotopic (exact) mass is 290 g/mol. The quantitative estimate of drug-likeness (QED) is 0.639. The van der Waals surface area contributed by atoms with Crippen LogP contribution in [0.4, 0.5) is 14.5 Å². The second-order valence-corrected chi connectivity index (χ2v) is 4.07. The number of benzene rings is 2. The molecular formula is C14H8F2N2O3. The first kappa shape index (κ1) is 14.4. The maximum Gasteiger partial charge on any atom is 0.311 e. The van der Waals surface area contributed by atoms with Gasteiger partial charge in [-0.1, -0.05) is 0 Å². The summed E-state index contributed by atoms with van der Waals surface area (Å²) in [6.07, 6.45) is 0. The molecule has 0 aliphatic carbocycles. The number of nitro groups is 1. The highest BCUT2D eigenvalue weighted by atomic mass is 19.1. The van der Waals surface area contributed by atoms with Crippen LogP contribution in [0, 0.1) is 33.1 Å². The Kier molecular flexibility index (Phi) is 4.09. The molecule has 0 amide bonds. The molecule has 0 radical (unpaired) electrons. The van der Waals surface area contributed by atoms with Gasteiger partial charge in [0.25, 0.3) is 0 Å². The van der Waals surface area contributed by atoms with Gasteiger partial charge >= 0.3 is 5.69 Å². The summed E-state index contributed by atoms with van der Waals surface area (Å²) in [7, 11) is 0. The minimum Gasteiger partial charge on any atom is -0.482 e. The van der Waals surface area contributed by atoms with Gasteiger partial charge in [0.2, 0.25) is 0 Å². The van der Waals surface area contributed by atoms with Crippen LogP contribution in [0.5, 0.6) is 5.75 Å². The summed E-state index contributed by atoms with van der Waals surface area (Å²) in [4.78, 5) is 10.1. The fraction of sp³-hybridized carbons (Fsp3) is 0.0714. The number of rotatable bonds is 4. The Morgan fingerprint density at radius 2 is 1.86 bits per heavy atom. The van der Waals surface area contributed by atoms with E-state index in [1.165, 1.54) is 6.07 Å². The summed E-state index contributed by atoms with van der Waals surface area (Å²) in [6, 6.07) is 8.11. The first-order valence-electron chi connectivity index (χ1n) is 5.76. The molecule has 0 unspecified atom stereocenters. The molecule has 0 spiro atoms. The predicted octanol–water partition coefficient (Wildman–Crippen LogP) is 3.32. The molecule has 0 saturated carbocycles. The Bertz CT molecular complexity index is 741. The molecule has 0 N–H and O–H groups in total. The molecule has 106 valence electrons. The molecule has 2 rings (SSSR count). The van der Waals surface area contributed by atoms with E-state index in [4.69, 9.17) is 10.00 Å². The molecule has 2 aromatic carbocycles. The lowest BCUT2D eigenvalue weighted by atomic mass is 10.1. The number of nitriles is 1. The first-order valence-corrected chi connectivity index (χ1v) is 5.76. The molecule has 0 fully saturated rings. The Balaban J connectivity index is 2.29. The van der Waals surface area contributed by atoms with Gasteiger partial charge in [-0.15, -0.1) is 0 Å². The van der Waals surface area contributed by atoms with Crippen LogP contribution in [0.1, 0.15) is 11.1 Å². The van der Waals surface area contributed by atoms with Crippen molar-refractivity contribution in [1.82, 2.24) is 0 Å². The van der Waals surface area contributed by atoms with Crippen LogP contribution >= 0.6 is 0 Å². The highest BCUT2D eigenvalue weighted by Gasteiger charge is 2.16. The zero-order valence-corrected chi connectivity index (χ0v) is 10.5. The van der Waals surface area contributed by atoms with Crippen LogP contribution < -0.4 is 4.74 Å². The lowest BCUT2D eigenvalue weighted by Crippen LogP contribution is -2.02. The van der Waals surface area contributed by atoms with E-state index >= 15 is 0 Å². The molecule has 2 aromatic rings. The molecule has 7 heteroatoms. The van der Waals surface area contributed by atoms with E-state index in [1.807, 2.05) is 6.07 Å². The standard InChI is InChI=1S/C14H8F2N2O3/c15-11-2-1-9(7-17)10(5-11)8-21-14-6-12(16)3-4-13(14)18(19)20/h1-6H,8H2. The van der Waals surface area contributed by atoms with Crippen molar-refractivity contribution in [3.8, 4) is 11.8 Å². The minimum absolute atomic E-state index is 0.176. The molecule has 0 aromatic heterocycles. The summed E-state index contributed by atoms with van der Waals surface area (Å²) in [5.74, 6) is -1.55. The van der Waals surface area contributed by atoms with E-state index in [-0.39, 0.29) is 23.5 Å². The molecule has 0 aliphatic rings. The fourth-order valence-corrected chi connectivity index (χ4v) is 1.70. The van der Waals surface area contributed by atoms with Gasteiger partial charge in [-0.25, -0.2) is 8.78 Å². The second-order valence-electron chi connectivity index (χ2n) is 4.07. The fourth-order valence-electron chi connectivity index (χ4n) is 1.70. The van der Waals surface area contributed by atoms with Gasteiger partial charge in [-0.2, -0.15) is 5.26 Å². The SMILES string of the molecule is N#Cc1ccc(F)cc1COc1cc(F)ccc1[N+](=O)[O-]. The third kappa shape index (κ3) is 3.30. The van der Waals surface area contributed by atoms with Crippen molar-refractivity contribution in [2.24, 2.45) is 0 Å². The maximum absolute atomic E-state index is 13.1. The predicted molar refractivity (Wildman–Crippen MR) is 68.5 cm³/mol. The van der Waals surface area contributed by atoms with Crippen LogP contribution in [-0.4, -0.2) is 4.92 Å². The highest BCUT2D eigenvalue weighted by Crippen LogP contribution is 2.28. The van der Waals surface area contributed by atoms with Gasteiger partial charge in [0.15, 0.2) is 5.75 Å². The van der Waals surface area contributed by atoms with Gasteiger partial charge in [-0.3, -0.25) is 10.1 Å². The third-order valence-electron chi connectivity index (χ3n) is 2.69. The number of halogens is 2. The maximum atomic E-state index is 13.1. The number of ether oxygens (including phenoxy) is 1. The Labute approximate surface area is 118 Å². The first-order chi connectivity index (χ1) is 10.0. The average molecular weight is 290 g/mol. The van der Waals surface area contributed by atoms with Crippen molar-refractivity contribution < 1.29 is 18.4 Å². The summed E-state index contributed by atoms with van der Waals surface area (Å²) in [6.45, 7) is -0.287. The van der Waals surface area contributed by atoms with Gasteiger partial charge in [-0.05, 0) is 24.3 Å². The van der Waals surface area contributed by atoms with Crippen LogP contribution in [-0.2, 0) is 6.61 Å². The number of hydrogen-bond acceptors (Lipinski definition) is 4. The van der Waals surface area contributed by atoms with Crippen molar-refractivity contribution in [1.29, 1.82) is 5.26 Å². The molecule has 5 nitrogen and oxygen atoms in total. The van der Waals surface area contributed by atoms with Gasteiger partial charge in [0.05, 0.1) is 16.6 Å². The van der Waals surface area contributed by atoms with Crippen LogP contribution in [0.15, 0.2) is 36.4 Å². The van der Waals surface area contributed by atoms with Gasteiger partial charge in [0.1, 0.15) is 18.2 Å². The topological polar surface area (TPSA) is 76.2 Å². The Morgan fingerprint density at radius 3 is 2.52 bits per heavy atom. The van der Waals surface area contributed by atoms with Crippen LogP contribution in [0.25, 0.3) is 0 Å². The van der Waals surface area contributed by atoms with Crippen molar-refractivity contribution in [3.63, 3.8) is 0 Å². The zero-order valence-electron chi connectivity index (χ0n) is 10.5. The minimum atomic E-state index is -0.717. The third-order valence-corrected chi connectivity index (χ3v) is 2.69. The van der Waals surface area contributed by atoms with E-state index in [0.717, 1.165) is 30.3 Å². The van der Waals surface area contributed by atoms with Crippen molar-refractivity contribution in [2.75, 3.05) is 0 Å². The molecule has 0 aliphatic heterocycles. The van der Waals surface area contributed by atoms with Crippen molar-refractivity contribution in [2.45, 2.75) is 6.61 Å². The molecule has 0 bridgehead atoms.